The average Bonchev–Trinajstić information content (AvgIpc) is 3.17. The van der Waals surface area contributed by atoms with Gasteiger partial charge in [0.1, 0.15) is 16.3 Å². The van der Waals surface area contributed by atoms with Crippen molar-refractivity contribution in [2.45, 2.75) is 39.2 Å². The molecule has 0 aromatic carbocycles. The number of nitrogens with one attached hydrogen (secondary N) is 1. The van der Waals surface area contributed by atoms with Crippen LogP contribution >= 0.6 is 11.3 Å². The smallest absolute Gasteiger partial charge is 0.349 e. The number of aromatic nitrogens is 3. The second-order valence-electron chi connectivity index (χ2n) is 6.64. The molecule has 4 rings (SSSR count). The van der Waals surface area contributed by atoms with Gasteiger partial charge in [0.25, 0.3) is 5.91 Å². The lowest BCUT2D eigenvalue weighted by atomic mass is 9.95. The lowest BCUT2D eigenvalue weighted by molar-refractivity contribution is 0.0795. The highest BCUT2D eigenvalue weighted by molar-refractivity contribution is 7.16. The second-order valence-corrected chi connectivity index (χ2v) is 7.80. The Hall–Kier alpha value is -2.52. The van der Waals surface area contributed by atoms with Gasteiger partial charge in [-0.05, 0) is 38.3 Å². The zero-order chi connectivity index (χ0) is 19.0. The van der Waals surface area contributed by atoms with Crippen molar-refractivity contribution in [2.75, 3.05) is 13.2 Å². The van der Waals surface area contributed by atoms with Crippen LogP contribution in [0.1, 0.15) is 51.1 Å². The fourth-order valence-electron chi connectivity index (χ4n) is 3.28. The molecule has 1 aliphatic rings. The largest absolute Gasteiger partial charge is 0.427 e. The number of carbonyl (C=O) groups is 1. The first kappa shape index (κ1) is 17.9. The zero-order valence-corrected chi connectivity index (χ0v) is 16.0. The van der Waals surface area contributed by atoms with E-state index >= 15 is 0 Å². The summed E-state index contributed by atoms with van der Waals surface area (Å²) in [5, 5.41) is 7.95. The van der Waals surface area contributed by atoms with Crippen molar-refractivity contribution in [1.29, 1.82) is 0 Å². The van der Waals surface area contributed by atoms with Crippen LogP contribution in [0.15, 0.2) is 21.5 Å². The molecule has 8 nitrogen and oxygen atoms in total. The van der Waals surface area contributed by atoms with E-state index in [-0.39, 0.29) is 18.0 Å². The number of rotatable bonds is 4. The van der Waals surface area contributed by atoms with Crippen LogP contribution in [0.4, 0.5) is 0 Å². The summed E-state index contributed by atoms with van der Waals surface area (Å²) in [5.74, 6) is 0.338. The number of imidazole rings is 1. The molecule has 1 amide bonds. The van der Waals surface area contributed by atoms with Crippen molar-refractivity contribution >= 4 is 22.2 Å². The fourth-order valence-corrected chi connectivity index (χ4v) is 4.02. The second kappa shape index (κ2) is 7.24. The molecule has 27 heavy (non-hydrogen) atoms. The van der Waals surface area contributed by atoms with Crippen molar-refractivity contribution in [1.82, 2.24) is 19.9 Å². The van der Waals surface area contributed by atoms with E-state index in [4.69, 9.17) is 9.15 Å². The number of amides is 1. The van der Waals surface area contributed by atoms with Crippen LogP contribution in [0.3, 0.4) is 0 Å². The number of carbonyl (C=O) groups excluding carboxylic acids is 1. The van der Waals surface area contributed by atoms with Crippen LogP contribution in [-0.2, 0) is 11.3 Å². The van der Waals surface area contributed by atoms with Gasteiger partial charge in [0, 0.05) is 19.1 Å². The molecule has 0 bridgehead atoms. The molecule has 1 N–H and O–H groups in total. The molecule has 1 fully saturated rings. The Morgan fingerprint density at radius 2 is 2.15 bits per heavy atom. The molecular weight excluding hydrogens is 368 g/mol. The number of ether oxygens (including phenoxy) is 1. The summed E-state index contributed by atoms with van der Waals surface area (Å²) in [6.07, 6.45) is 3.40. The Bertz CT molecular complexity index is 1010. The monoisotopic (exact) mass is 388 g/mol. The molecule has 3 aromatic rings. The first-order chi connectivity index (χ1) is 13.0. The van der Waals surface area contributed by atoms with E-state index in [2.05, 4.69) is 15.4 Å². The third kappa shape index (κ3) is 3.65. The van der Waals surface area contributed by atoms with Crippen LogP contribution in [0.2, 0.25) is 0 Å². The minimum atomic E-state index is -0.600. The molecule has 0 atom stereocenters. The number of hydrogen-bond donors (Lipinski definition) is 1. The predicted octanol–water partition coefficient (Wildman–Crippen LogP) is 2.18. The van der Waals surface area contributed by atoms with Gasteiger partial charge in [-0.3, -0.25) is 4.79 Å². The lowest BCUT2D eigenvalue weighted by Crippen LogP contribution is -2.29. The molecule has 9 heteroatoms. The number of fused-ring (bicyclic) bond motifs is 1. The highest BCUT2D eigenvalue weighted by Gasteiger charge is 2.23. The maximum absolute atomic E-state index is 12.5. The Morgan fingerprint density at radius 3 is 2.85 bits per heavy atom. The van der Waals surface area contributed by atoms with E-state index in [0.717, 1.165) is 22.8 Å². The van der Waals surface area contributed by atoms with Crippen LogP contribution in [0.5, 0.6) is 0 Å². The standard InChI is InChI=1S/C18H20N4O4S/c1-10-7-14(12-3-5-25-6-4-12)26-17(24)15(10)16(23)19-8-13-9-22-18(20-13)27-11(2)21-22/h7,9,12H,3-6,8H2,1-2H3,(H,19,23). The Morgan fingerprint density at radius 1 is 1.37 bits per heavy atom. The maximum Gasteiger partial charge on any atom is 0.349 e. The van der Waals surface area contributed by atoms with Gasteiger partial charge >= 0.3 is 5.63 Å². The molecule has 0 unspecified atom stereocenters. The van der Waals surface area contributed by atoms with Crippen LogP contribution < -0.4 is 10.9 Å². The summed E-state index contributed by atoms with van der Waals surface area (Å²) >= 11 is 1.48. The van der Waals surface area contributed by atoms with Crippen LogP contribution in [-0.4, -0.2) is 33.7 Å². The maximum atomic E-state index is 12.5. The van der Waals surface area contributed by atoms with Crippen molar-refractivity contribution in [3.8, 4) is 0 Å². The first-order valence-electron chi connectivity index (χ1n) is 8.83. The first-order valence-corrected chi connectivity index (χ1v) is 9.65. The van der Waals surface area contributed by atoms with E-state index in [1.807, 2.05) is 6.92 Å². The van der Waals surface area contributed by atoms with Gasteiger partial charge < -0.3 is 14.5 Å². The fraction of sp³-hybridized carbons (Fsp3) is 0.444. The van der Waals surface area contributed by atoms with Crippen molar-refractivity contribution in [2.24, 2.45) is 0 Å². The SMILES string of the molecule is Cc1nn2cc(CNC(=O)c3c(C)cc(C4CCOCC4)oc3=O)nc2s1. The van der Waals surface area contributed by atoms with E-state index in [1.165, 1.54) is 11.3 Å². The highest BCUT2D eigenvalue weighted by atomic mass is 32.1. The molecule has 4 heterocycles. The molecule has 0 spiro atoms. The molecule has 1 aliphatic heterocycles. The van der Waals surface area contributed by atoms with Crippen molar-refractivity contribution < 1.29 is 13.9 Å². The highest BCUT2D eigenvalue weighted by Crippen LogP contribution is 2.27. The average molecular weight is 388 g/mol. The minimum Gasteiger partial charge on any atom is -0.427 e. The minimum absolute atomic E-state index is 0.0424. The third-order valence-corrected chi connectivity index (χ3v) is 5.48. The quantitative estimate of drug-likeness (QED) is 0.736. The molecule has 0 aliphatic carbocycles. The summed E-state index contributed by atoms with van der Waals surface area (Å²) in [6.45, 7) is 5.20. The van der Waals surface area contributed by atoms with E-state index < -0.39 is 11.5 Å². The topological polar surface area (TPSA) is 98.7 Å². The van der Waals surface area contributed by atoms with Gasteiger partial charge in [-0.1, -0.05) is 11.3 Å². The van der Waals surface area contributed by atoms with Gasteiger partial charge in [0.05, 0.1) is 18.4 Å². The molecule has 1 saturated heterocycles. The summed E-state index contributed by atoms with van der Waals surface area (Å²) in [4.78, 5) is 30.1. The van der Waals surface area contributed by atoms with Gasteiger partial charge in [-0.25, -0.2) is 14.3 Å². The summed E-state index contributed by atoms with van der Waals surface area (Å²) < 4.78 is 12.5. The third-order valence-electron chi connectivity index (χ3n) is 4.64. The predicted molar refractivity (Wildman–Crippen MR) is 99.3 cm³/mol. The Labute approximate surface area is 159 Å². The molecular formula is C18H20N4O4S. The van der Waals surface area contributed by atoms with Crippen LogP contribution in [0, 0.1) is 13.8 Å². The van der Waals surface area contributed by atoms with Crippen molar-refractivity contribution in [3.05, 3.63) is 50.3 Å². The molecule has 142 valence electrons. The van der Waals surface area contributed by atoms with E-state index in [0.29, 0.717) is 30.2 Å². The lowest BCUT2D eigenvalue weighted by Gasteiger charge is -2.21. The summed E-state index contributed by atoms with van der Waals surface area (Å²) in [6, 6.07) is 1.80. The number of nitrogens with zero attached hydrogens (tertiary/aromatic N) is 3. The summed E-state index contributed by atoms with van der Waals surface area (Å²) in [5.41, 5.74) is 0.745. The van der Waals surface area contributed by atoms with Gasteiger partial charge in [-0.2, -0.15) is 5.10 Å². The van der Waals surface area contributed by atoms with E-state index in [9.17, 15) is 9.59 Å². The molecule has 0 saturated carbocycles. The number of hydrogen-bond acceptors (Lipinski definition) is 7. The number of aryl methyl sites for hydroxylation is 2. The summed E-state index contributed by atoms with van der Waals surface area (Å²) in [7, 11) is 0. The molecule has 0 radical (unpaired) electrons. The Kier molecular flexibility index (Phi) is 4.79. The normalized spacial score (nSPS) is 15.3. The zero-order valence-electron chi connectivity index (χ0n) is 15.2. The van der Waals surface area contributed by atoms with E-state index in [1.54, 1.807) is 23.7 Å². The van der Waals surface area contributed by atoms with Gasteiger partial charge in [-0.15, -0.1) is 0 Å². The van der Waals surface area contributed by atoms with Gasteiger partial charge in [0.2, 0.25) is 4.96 Å². The Balaban J connectivity index is 1.49. The van der Waals surface area contributed by atoms with Crippen molar-refractivity contribution in [3.63, 3.8) is 0 Å². The molecule has 3 aromatic heterocycles. The van der Waals surface area contributed by atoms with Gasteiger partial charge in [0.15, 0.2) is 0 Å². The van der Waals surface area contributed by atoms with Crippen LogP contribution in [0.25, 0.3) is 4.96 Å².